The molecule has 0 radical (unpaired) electrons. The van der Waals surface area contributed by atoms with E-state index in [1.807, 2.05) is 0 Å². The van der Waals surface area contributed by atoms with E-state index in [-0.39, 0.29) is 11.6 Å². The van der Waals surface area contributed by atoms with E-state index in [0.29, 0.717) is 18.0 Å². The molecule has 0 aliphatic carbocycles. The van der Waals surface area contributed by atoms with Gasteiger partial charge in [-0.15, -0.1) is 0 Å². The molecule has 7 heteroatoms. The molecule has 1 aliphatic heterocycles. The highest BCUT2D eigenvalue weighted by molar-refractivity contribution is 5.93. The predicted molar refractivity (Wildman–Crippen MR) is 73.1 cm³/mol. The maximum Gasteiger partial charge on any atom is 0.279 e. The van der Waals surface area contributed by atoms with Gasteiger partial charge >= 0.3 is 0 Å². The summed E-state index contributed by atoms with van der Waals surface area (Å²) in [6, 6.07) is 4.15. The van der Waals surface area contributed by atoms with Crippen molar-refractivity contribution in [1.29, 1.82) is 0 Å². The lowest BCUT2D eigenvalue weighted by Gasteiger charge is -2.13. The van der Waals surface area contributed by atoms with Crippen LogP contribution in [0.1, 0.15) is 12.8 Å². The lowest BCUT2D eigenvalue weighted by atomic mass is 10.2. The summed E-state index contributed by atoms with van der Waals surface area (Å²) in [4.78, 5) is 23.4. The van der Waals surface area contributed by atoms with Gasteiger partial charge in [0.2, 0.25) is 0 Å². The topological polar surface area (TPSA) is 85.9 Å². The number of likely N-dealkylation sites (tertiary alicyclic amines) is 1. The predicted octanol–water partition coefficient (Wildman–Crippen LogP) is 0.221. The number of carbonyl (C=O) groups is 1. The van der Waals surface area contributed by atoms with Crippen LogP contribution in [-0.4, -0.2) is 37.6 Å². The summed E-state index contributed by atoms with van der Waals surface area (Å²) < 4.78 is 5.08. The first-order chi connectivity index (χ1) is 9.60. The fraction of sp³-hybridized carbons (Fsp3) is 0.462. The molecular formula is C13H18N3O4+. The van der Waals surface area contributed by atoms with Crippen LogP contribution in [0.2, 0.25) is 0 Å². The van der Waals surface area contributed by atoms with Gasteiger partial charge < -0.3 is 15.0 Å². The van der Waals surface area contributed by atoms with Crippen molar-refractivity contribution in [3.63, 3.8) is 0 Å². The monoisotopic (exact) mass is 280 g/mol. The number of ether oxygens (including phenoxy) is 1. The molecule has 108 valence electrons. The van der Waals surface area contributed by atoms with Crippen molar-refractivity contribution in [2.24, 2.45) is 0 Å². The van der Waals surface area contributed by atoms with Crippen molar-refractivity contribution in [3.8, 4) is 5.75 Å². The second-order valence-electron chi connectivity index (χ2n) is 4.82. The standard InChI is InChI=1S/C13H17N3O4/c1-20-12-8-10(16(18)19)4-5-11(12)14-13(17)9-15-6-2-3-7-15/h4-5,8H,2-3,6-7,9H2,1H3,(H,14,17)/p+1. The van der Waals surface area contributed by atoms with Gasteiger partial charge in [0.1, 0.15) is 5.75 Å². The van der Waals surface area contributed by atoms with E-state index in [9.17, 15) is 14.9 Å². The van der Waals surface area contributed by atoms with Gasteiger partial charge in [0.15, 0.2) is 6.54 Å². The van der Waals surface area contributed by atoms with Gasteiger partial charge in [-0.05, 0) is 6.07 Å². The molecule has 0 spiro atoms. The zero-order valence-electron chi connectivity index (χ0n) is 11.3. The highest BCUT2D eigenvalue weighted by atomic mass is 16.6. The smallest absolute Gasteiger partial charge is 0.279 e. The van der Waals surface area contributed by atoms with E-state index >= 15 is 0 Å². The summed E-state index contributed by atoms with van der Waals surface area (Å²) in [7, 11) is 1.42. The Labute approximate surface area is 116 Å². The summed E-state index contributed by atoms with van der Waals surface area (Å²) in [5, 5.41) is 13.4. The van der Waals surface area contributed by atoms with Crippen molar-refractivity contribution < 1.29 is 19.4 Å². The van der Waals surface area contributed by atoms with Gasteiger partial charge in [-0.25, -0.2) is 0 Å². The van der Waals surface area contributed by atoms with Crippen LogP contribution in [0.5, 0.6) is 5.75 Å². The largest absolute Gasteiger partial charge is 0.494 e. The Kier molecular flexibility index (Phi) is 4.52. The first-order valence-electron chi connectivity index (χ1n) is 6.56. The number of hydrogen-bond acceptors (Lipinski definition) is 4. The van der Waals surface area contributed by atoms with E-state index in [0.717, 1.165) is 25.9 Å². The minimum Gasteiger partial charge on any atom is -0.494 e. The average Bonchev–Trinajstić information content (AvgIpc) is 2.91. The van der Waals surface area contributed by atoms with Crippen LogP contribution in [0.3, 0.4) is 0 Å². The fourth-order valence-corrected chi connectivity index (χ4v) is 2.37. The summed E-state index contributed by atoms with van der Waals surface area (Å²) in [5.41, 5.74) is 0.395. The lowest BCUT2D eigenvalue weighted by Crippen LogP contribution is -3.11. The van der Waals surface area contributed by atoms with Crippen LogP contribution in [0.25, 0.3) is 0 Å². The molecule has 20 heavy (non-hydrogen) atoms. The van der Waals surface area contributed by atoms with E-state index in [1.165, 1.54) is 30.2 Å². The third kappa shape index (κ3) is 3.45. The van der Waals surface area contributed by atoms with Crippen molar-refractivity contribution in [2.45, 2.75) is 12.8 Å². The normalized spacial score (nSPS) is 15.1. The van der Waals surface area contributed by atoms with Crippen LogP contribution in [0.15, 0.2) is 18.2 Å². The summed E-state index contributed by atoms with van der Waals surface area (Å²) in [5.74, 6) is 0.193. The molecule has 2 rings (SSSR count). The molecule has 2 N–H and O–H groups in total. The number of rotatable bonds is 5. The molecule has 1 saturated heterocycles. The molecular weight excluding hydrogens is 262 g/mol. The number of methoxy groups -OCH3 is 1. The number of carbonyl (C=O) groups excluding carboxylic acids is 1. The molecule has 0 unspecified atom stereocenters. The van der Waals surface area contributed by atoms with Crippen molar-refractivity contribution in [1.82, 2.24) is 0 Å². The fourth-order valence-electron chi connectivity index (χ4n) is 2.37. The van der Waals surface area contributed by atoms with E-state index in [4.69, 9.17) is 4.74 Å². The van der Waals surface area contributed by atoms with Crippen LogP contribution in [0.4, 0.5) is 11.4 Å². The number of nitrogens with one attached hydrogen (secondary N) is 2. The molecule has 1 aromatic rings. The third-order valence-corrected chi connectivity index (χ3v) is 3.39. The van der Waals surface area contributed by atoms with E-state index < -0.39 is 4.92 Å². The maximum absolute atomic E-state index is 11.9. The van der Waals surface area contributed by atoms with Gasteiger partial charge in [0, 0.05) is 18.9 Å². The quantitative estimate of drug-likeness (QED) is 0.597. The number of non-ortho nitro benzene ring substituents is 1. The summed E-state index contributed by atoms with van der Waals surface area (Å²) >= 11 is 0. The van der Waals surface area contributed by atoms with Crippen molar-refractivity contribution >= 4 is 17.3 Å². The summed E-state index contributed by atoms with van der Waals surface area (Å²) in [6.45, 7) is 2.45. The van der Waals surface area contributed by atoms with E-state index in [2.05, 4.69) is 5.32 Å². The molecule has 7 nitrogen and oxygen atoms in total. The molecule has 1 amide bonds. The van der Waals surface area contributed by atoms with Gasteiger partial charge in [0.05, 0.1) is 36.9 Å². The molecule has 1 fully saturated rings. The molecule has 1 aliphatic rings. The Balaban J connectivity index is 2.04. The van der Waals surface area contributed by atoms with Gasteiger partial charge in [-0.1, -0.05) is 0 Å². The SMILES string of the molecule is COc1cc([N+](=O)[O-])ccc1NC(=O)C[NH+]1CCCC1. The first kappa shape index (κ1) is 14.3. The molecule has 0 aromatic heterocycles. The lowest BCUT2D eigenvalue weighted by molar-refractivity contribution is -0.878. The number of amides is 1. The van der Waals surface area contributed by atoms with E-state index in [1.54, 1.807) is 0 Å². The number of anilines is 1. The molecule has 0 saturated carbocycles. The summed E-state index contributed by atoms with van der Waals surface area (Å²) in [6.07, 6.45) is 2.31. The van der Waals surface area contributed by atoms with Crippen molar-refractivity contribution in [2.75, 3.05) is 32.1 Å². The van der Waals surface area contributed by atoms with Gasteiger partial charge in [-0.3, -0.25) is 14.9 Å². The number of nitro groups is 1. The average molecular weight is 280 g/mol. The minimum atomic E-state index is -0.498. The molecule has 0 atom stereocenters. The van der Waals surface area contributed by atoms with Crippen LogP contribution in [0, 0.1) is 10.1 Å². The van der Waals surface area contributed by atoms with Gasteiger partial charge in [-0.2, -0.15) is 0 Å². The minimum absolute atomic E-state index is 0.0648. The Bertz CT molecular complexity index is 512. The first-order valence-corrected chi connectivity index (χ1v) is 6.56. The van der Waals surface area contributed by atoms with Crippen LogP contribution < -0.4 is 15.0 Å². The Morgan fingerprint density at radius 3 is 2.75 bits per heavy atom. The Morgan fingerprint density at radius 2 is 2.15 bits per heavy atom. The number of nitro benzene ring substituents is 1. The number of hydrogen-bond donors (Lipinski definition) is 2. The zero-order chi connectivity index (χ0) is 14.5. The maximum atomic E-state index is 11.9. The third-order valence-electron chi connectivity index (χ3n) is 3.39. The molecule has 0 bridgehead atoms. The van der Waals surface area contributed by atoms with Crippen molar-refractivity contribution in [3.05, 3.63) is 28.3 Å². The van der Waals surface area contributed by atoms with Crippen LogP contribution in [-0.2, 0) is 4.79 Å². The zero-order valence-corrected chi connectivity index (χ0v) is 11.3. The van der Waals surface area contributed by atoms with Gasteiger partial charge in [0.25, 0.3) is 11.6 Å². The molecule has 1 aromatic carbocycles. The Hall–Kier alpha value is -2.15. The number of quaternary nitrogens is 1. The molecule has 1 heterocycles. The highest BCUT2D eigenvalue weighted by Crippen LogP contribution is 2.28. The highest BCUT2D eigenvalue weighted by Gasteiger charge is 2.20. The number of benzene rings is 1. The second-order valence-corrected chi connectivity index (χ2v) is 4.82. The van der Waals surface area contributed by atoms with Crippen LogP contribution >= 0.6 is 0 Å². The Morgan fingerprint density at radius 1 is 1.45 bits per heavy atom. The number of nitrogens with zero attached hydrogens (tertiary/aromatic N) is 1. The second kappa shape index (κ2) is 6.33.